The molecule has 0 radical (unpaired) electrons. The van der Waals surface area contributed by atoms with Crippen molar-refractivity contribution in [2.24, 2.45) is 0 Å². The molecule has 0 aliphatic rings. The number of benzene rings is 2. The van der Waals surface area contributed by atoms with Gasteiger partial charge in [-0.05, 0) is 35.7 Å². The van der Waals surface area contributed by atoms with Crippen LogP contribution in [0.5, 0.6) is 0 Å². The maximum absolute atomic E-state index is 12.2. The van der Waals surface area contributed by atoms with Crippen LogP contribution in [0.3, 0.4) is 0 Å². The van der Waals surface area contributed by atoms with E-state index in [2.05, 4.69) is 5.32 Å². The second-order valence-electron chi connectivity index (χ2n) is 5.53. The summed E-state index contributed by atoms with van der Waals surface area (Å²) in [5.41, 5.74) is 2.80. The molecule has 2 aromatic rings. The third-order valence-corrected chi connectivity index (χ3v) is 3.53. The predicted molar refractivity (Wildman–Crippen MR) is 87.9 cm³/mol. The van der Waals surface area contributed by atoms with E-state index in [1.54, 1.807) is 23.5 Å². The van der Waals surface area contributed by atoms with Crippen molar-refractivity contribution in [2.75, 3.05) is 5.32 Å². The highest BCUT2D eigenvalue weighted by Gasteiger charge is 2.38. The normalized spacial score (nSPS) is 11.0. The third kappa shape index (κ3) is 5.63. The molecule has 25 heavy (non-hydrogen) atoms. The maximum atomic E-state index is 12.2. The van der Waals surface area contributed by atoms with E-state index in [4.69, 9.17) is 0 Å². The molecular weight excluding hydrogens is 333 g/mol. The van der Waals surface area contributed by atoms with Gasteiger partial charge < -0.3 is 10.6 Å². The van der Waals surface area contributed by atoms with Crippen LogP contribution in [0.4, 0.5) is 18.9 Å². The number of carbonyl (C=O) groups excluding carboxylic acids is 2. The van der Waals surface area contributed by atoms with Crippen molar-refractivity contribution in [3.63, 3.8) is 0 Å². The van der Waals surface area contributed by atoms with Gasteiger partial charge in [0.25, 0.3) is 0 Å². The van der Waals surface area contributed by atoms with Crippen molar-refractivity contribution < 1.29 is 22.8 Å². The molecule has 0 unspecified atom stereocenters. The van der Waals surface area contributed by atoms with Crippen LogP contribution in [-0.2, 0) is 22.6 Å². The van der Waals surface area contributed by atoms with Gasteiger partial charge in [0.1, 0.15) is 0 Å². The molecule has 2 aromatic carbocycles. The molecule has 0 atom stereocenters. The second-order valence-corrected chi connectivity index (χ2v) is 5.53. The molecule has 0 spiro atoms. The fraction of sp³-hybridized carbons (Fsp3) is 0.222. The van der Waals surface area contributed by atoms with Crippen molar-refractivity contribution in [1.29, 1.82) is 0 Å². The summed E-state index contributed by atoms with van der Waals surface area (Å²) in [5.74, 6) is -2.23. The van der Waals surface area contributed by atoms with Crippen molar-refractivity contribution in [1.82, 2.24) is 5.32 Å². The summed E-state index contributed by atoms with van der Waals surface area (Å²) in [4.78, 5) is 22.9. The van der Waals surface area contributed by atoms with Crippen molar-refractivity contribution in [3.05, 3.63) is 65.2 Å². The highest BCUT2D eigenvalue weighted by molar-refractivity contribution is 5.92. The molecule has 0 saturated carbocycles. The standard InChI is InChI=1S/C18H17F3N2O2/c1-12-5-2-3-7-14(12)10-16(24)23-15-8-4-6-13(9-15)11-22-17(25)18(19,20)21/h2-9H,10-11H2,1H3,(H,22,25)(H,23,24). The SMILES string of the molecule is Cc1ccccc1CC(=O)Nc1cccc(CNC(=O)C(F)(F)F)c1. The summed E-state index contributed by atoms with van der Waals surface area (Å²) >= 11 is 0. The maximum Gasteiger partial charge on any atom is 0.471 e. The number of nitrogens with one attached hydrogen (secondary N) is 2. The van der Waals surface area contributed by atoms with Crippen LogP contribution in [0.1, 0.15) is 16.7 Å². The first-order valence-corrected chi connectivity index (χ1v) is 7.54. The zero-order chi connectivity index (χ0) is 18.4. The Balaban J connectivity index is 1.96. The van der Waals surface area contributed by atoms with Crippen LogP contribution in [0.25, 0.3) is 0 Å². The quantitative estimate of drug-likeness (QED) is 0.869. The van der Waals surface area contributed by atoms with Gasteiger partial charge in [-0.15, -0.1) is 0 Å². The van der Waals surface area contributed by atoms with Crippen molar-refractivity contribution in [2.45, 2.75) is 26.1 Å². The average molecular weight is 350 g/mol. The molecule has 0 heterocycles. The molecule has 7 heteroatoms. The topological polar surface area (TPSA) is 58.2 Å². The second kappa shape index (κ2) is 7.83. The van der Waals surface area contributed by atoms with Gasteiger partial charge >= 0.3 is 12.1 Å². The molecule has 2 N–H and O–H groups in total. The van der Waals surface area contributed by atoms with E-state index in [1.807, 2.05) is 31.2 Å². The van der Waals surface area contributed by atoms with Crippen LogP contribution in [-0.4, -0.2) is 18.0 Å². The van der Waals surface area contributed by atoms with Gasteiger partial charge in [0, 0.05) is 12.2 Å². The van der Waals surface area contributed by atoms with E-state index in [0.29, 0.717) is 11.3 Å². The summed E-state index contributed by atoms with van der Waals surface area (Å²) in [7, 11) is 0. The molecule has 132 valence electrons. The van der Waals surface area contributed by atoms with Gasteiger partial charge in [-0.3, -0.25) is 9.59 Å². The molecule has 2 amide bonds. The van der Waals surface area contributed by atoms with Gasteiger partial charge in [0.05, 0.1) is 6.42 Å². The molecule has 0 aliphatic heterocycles. The smallest absolute Gasteiger partial charge is 0.344 e. The first-order valence-electron chi connectivity index (χ1n) is 7.54. The Labute approximate surface area is 143 Å². The number of rotatable bonds is 5. The lowest BCUT2D eigenvalue weighted by molar-refractivity contribution is -0.173. The summed E-state index contributed by atoms with van der Waals surface area (Å²) in [6, 6.07) is 13.8. The average Bonchev–Trinajstić information content (AvgIpc) is 2.54. The lowest BCUT2D eigenvalue weighted by Crippen LogP contribution is -2.36. The number of alkyl halides is 3. The fourth-order valence-electron chi connectivity index (χ4n) is 2.23. The molecule has 0 aliphatic carbocycles. The van der Waals surface area contributed by atoms with E-state index in [-0.39, 0.29) is 18.9 Å². The zero-order valence-electron chi connectivity index (χ0n) is 13.5. The Bertz CT molecular complexity index is 773. The van der Waals surface area contributed by atoms with E-state index >= 15 is 0 Å². The van der Waals surface area contributed by atoms with Crippen LogP contribution in [0.2, 0.25) is 0 Å². The first-order chi connectivity index (χ1) is 11.8. The summed E-state index contributed by atoms with van der Waals surface area (Å²) in [6.45, 7) is 1.63. The molecular formula is C18H17F3N2O2. The molecule has 4 nitrogen and oxygen atoms in total. The third-order valence-electron chi connectivity index (χ3n) is 3.53. The minimum Gasteiger partial charge on any atom is -0.344 e. The summed E-state index contributed by atoms with van der Waals surface area (Å²) < 4.78 is 36.5. The Hall–Kier alpha value is -2.83. The number of hydrogen-bond donors (Lipinski definition) is 2. The summed E-state index contributed by atoms with van der Waals surface area (Å²) in [6.07, 6.45) is -4.72. The Morgan fingerprint density at radius 3 is 2.44 bits per heavy atom. The zero-order valence-corrected chi connectivity index (χ0v) is 13.5. The van der Waals surface area contributed by atoms with Crippen LogP contribution >= 0.6 is 0 Å². The highest BCUT2D eigenvalue weighted by Crippen LogP contribution is 2.16. The number of hydrogen-bond acceptors (Lipinski definition) is 2. The largest absolute Gasteiger partial charge is 0.471 e. The van der Waals surface area contributed by atoms with Gasteiger partial charge in [0.15, 0.2) is 0 Å². The van der Waals surface area contributed by atoms with Crippen LogP contribution in [0.15, 0.2) is 48.5 Å². The Morgan fingerprint density at radius 1 is 1.04 bits per heavy atom. The first kappa shape index (κ1) is 18.5. The molecule has 0 fully saturated rings. The van der Waals surface area contributed by atoms with Gasteiger partial charge in [-0.25, -0.2) is 0 Å². The van der Waals surface area contributed by atoms with Gasteiger partial charge in [-0.2, -0.15) is 13.2 Å². The van der Waals surface area contributed by atoms with Gasteiger partial charge in [-0.1, -0.05) is 36.4 Å². The molecule has 0 aromatic heterocycles. The predicted octanol–water partition coefficient (Wildman–Crippen LogP) is 3.35. The lowest BCUT2D eigenvalue weighted by Gasteiger charge is -2.10. The number of anilines is 1. The van der Waals surface area contributed by atoms with E-state index in [0.717, 1.165) is 11.1 Å². The molecule has 2 rings (SSSR count). The van der Waals surface area contributed by atoms with E-state index < -0.39 is 12.1 Å². The van der Waals surface area contributed by atoms with Crippen molar-refractivity contribution >= 4 is 17.5 Å². The minimum absolute atomic E-state index is 0.196. The molecule has 0 saturated heterocycles. The molecule has 0 bridgehead atoms. The fourth-order valence-corrected chi connectivity index (χ4v) is 2.23. The van der Waals surface area contributed by atoms with Gasteiger partial charge in [0.2, 0.25) is 5.91 Å². The number of aryl methyl sites for hydroxylation is 1. The number of amides is 2. The Kier molecular flexibility index (Phi) is 5.80. The highest BCUT2D eigenvalue weighted by atomic mass is 19.4. The van der Waals surface area contributed by atoms with Crippen LogP contribution < -0.4 is 10.6 Å². The van der Waals surface area contributed by atoms with E-state index in [1.165, 1.54) is 6.07 Å². The number of carbonyl (C=O) groups is 2. The minimum atomic E-state index is -4.92. The summed E-state index contributed by atoms with van der Waals surface area (Å²) in [5, 5.41) is 4.49. The lowest BCUT2D eigenvalue weighted by atomic mass is 10.1. The van der Waals surface area contributed by atoms with E-state index in [9.17, 15) is 22.8 Å². The van der Waals surface area contributed by atoms with Crippen LogP contribution in [0, 0.1) is 6.92 Å². The van der Waals surface area contributed by atoms with Crippen molar-refractivity contribution in [3.8, 4) is 0 Å². The Morgan fingerprint density at radius 2 is 1.76 bits per heavy atom. The monoisotopic (exact) mass is 350 g/mol. The number of halogens is 3.